The number of rotatable bonds is 9. The van der Waals surface area contributed by atoms with Crippen molar-refractivity contribution < 1.29 is 23.1 Å². The molecule has 4 rings (SSSR count). The normalized spacial score (nSPS) is 16.0. The van der Waals surface area contributed by atoms with E-state index in [0.717, 1.165) is 12.0 Å². The summed E-state index contributed by atoms with van der Waals surface area (Å²) >= 11 is 1.68. The van der Waals surface area contributed by atoms with Crippen LogP contribution in [0.2, 0.25) is 0 Å². The summed E-state index contributed by atoms with van der Waals surface area (Å²) in [6, 6.07) is 8.52. The first-order valence-corrected chi connectivity index (χ1v) is 12.7. The van der Waals surface area contributed by atoms with Crippen LogP contribution in [0.4, 0.5) is 4.39 Å². The Balaban J connectivity index is 1.44. The zero-order chi connectivity index (χ0) is 24.8. The molecule has 3 heterocycles. The van der Waals surface area contributed by atoms with Crippen LogP contribution in [0.15, 0.2) is 46.4 Å². The second-order valence-electron chi connectivity index (χ2n) is 8.77. The van der Waals surface area contributed by atoms with Crippen molar-refractivity contribution in [3.05, 3.63) is 75.4 Å². The Labute approximate surface area is 208 Å². The minimum absolute atomic E-state index is 0.235. The number of nitrogens with zero attached hydrogens (tertiary/aromatic N) is 3. The number of ether oxygens (including phenoxy) is 1. The third kappa shape index (κ3) is 6.55. The van der Waals surface area contributed by atoms with Gasteiger partial charge in [0.2, 0.25) is 5.89 Å². The molecule has 1 fully saturated rings. The smallest absolute Gasteiger partial charge is 0.310 e. The number of aromatic nitrogens is 1. The van der Waals surface area contributed by atoms with Crippen molar-refractivity contribution in [2.45, 2.75) is 46.3 Å². The Morgan fingerprint density at radius 2 is 2.03 bits per heavy atom. The summed E-state index contributed by atoms with van der Waals surface area (Å²) < 4.78 is 24.2. The zero-order valence-corrected chi connectivity index (χ0v) is 20.9. The molecule has 1 saturated heterocycles. The topological polar surface area (TPSA) is 75.9 Å². The molecule has 0 aliphatic carbocycles. The highest BCUT2D eigenvalue weighted by atomic mass is 32.1. The first-order chi connectivity index (χ1) is 16.9. The van der Waals surface area contributed by atoms with Crippen molar-refractivity contribution in [2.75, 3.05) is 19.7 Å². The molecule has 1 aromatic carbocycles. The number of thiophene rings is 1. The number of piperidine rings is 1. The average Bonchev–Trinajstić information content (AvgIpc) is 3.49. The Hall–Kier alpha value is -3.04. The summed E-state index contributed by atoms with van der Waals surface area (Å²) in [4.78, 5) is 34.7. The first-order valence-electron chi connectivity index (χ1n) is 11.8. The highest BCUT2D eigenvalue weighted by Gasteiger charge is 2.31. The second-order valence-corrected chi connectivity index (χ2v) is 9.77. The lowest BCUT2D eigenvalue weighted by atomic mass is 9.98. The summed E-state index contributed by atoms with van der Waals surface area (Å²) in [6.07, 6.45) is 2.84. The van der Waals surface area contributed by atoms with Crippen LogP contribution < -0.4 is 0 Å². The number of aryl methyl sites for hydroxylation is 1. The minimum atomic E-state index is -0.306. The molecule has 0 saturated carbocycles. The third-order valence-corrected chi connectivity index (χ3v) is 7.12. The van der Waals surface area contributed by atoms with Gasteiger partial charge in [-0.25, -0.2) is 9.37 Å². The summed E-state index contributed by atoms with van der Waals surface area (Å²) in [6.45, 7) is 6.74. The number of carbonyl (C=O) groups excluding carboxylic acids is 2. The van der Waals surface area contributed by atoms with Crippen molar-refractivity contribution in [3.8, 4) is 0 Å². The fourth-order valence-corrected chi connectivity index (χ4v) is 5.18. The largest absolute Gasteiger partial charge is 0.466 e. The molecule has 1 unspecified atom stereocenters. The lowest BCUT2D eigenvalue weighted by Gasteiger charge is -2.30. The van der Waals surface area contributed by atoms with E-state index in [-0.39, 0.29) is 29.3 Å². The van der Waals surface area contributed by atoms with E-state index in [2.05, 4.69) is 28.3 Å². The van der Waals surface area contributed by atoms with Gasteiger partial charge in [0, 0.05) is 31.1 Å². The quantitative estimate of drug-likeness (QED) is 0.394. The van der Waals surface area contributed by atoms with Gasteiger partial charge in [0.15, 0.2) is 5.69 Å². The molecule has 0 N–H and O–H groups in total. The maximum Gasteiger partial charge on any atom is 0.310 e. The Bertz CT molecular complexity index is 1140. The van der Waals surface area contributed by atoms with Gasteiger partial charge in [-0.05, 0) is 61.4 Å². The average molecular weight is 500 g/mol. The van der Waals surface area contributed by atoms with E-state index in [9.17, 15) is 14.0 Å². The van der Waals surface area contributed by atoms with Gasteiger partial charge in [0.05, 0.1) is 19.1 Å². The number of benzene rings is 1. The van der Waals surface area contributed by atoms with Gasteiger partial charge in [-0.1, -0.05) is 12.1 Å². The number of hydrogen-bond acceptors (Lipinski definition) is 7. The molecular formula is C26H30FN3O4S. The van der Waals surface area contributed by atoms with E-state index in [0.29, 0.717) is 51.6 Å². The molecule has 0 radical (unpaired) electrons. The predicted molar refractivity (Wildman–Crippen MR) is 130 cm³/mol. The molecule has 9 heteroatoms. The summed E-state index contributed by atoms with van der Waals surface area (Å²) in [7, 11) is 0. The fraction of sp³-hybridized carbons (Fsp3) is 0.423. The van der Waals surface area contributed by atoms with Crippen LogP contribution in [-0.4, -0.2) is 46.4 Å². The van der Waals surface area contributed by atoms with Crippen LogP contribution in [0.25, 0.3) is 0 Å². The number of likely N-dealkylation sites (tertiary alicyclic amines) is 1. The van der Waals surface area contributed by atoms with Crippen LogP contribution in [0.5, 0.6) is 0 Å². The molecule has 7 nitrogen and oxygen atoms in total. The maximum atomic E-state index is 13.4. The number of carbonyl (C=O) groups is 2. The molecule has 2 aromatic heterocycles. The molecular weight excluding hydrogens is 469 g/mol. The lowest BCUT2D eigenvalue weighted by Crippen LogP contribution is -2.43. The highest BCUT2D eigenvalue weighted by Crippen LogP contribution is 2.23. The number of oxazole rings is 1. The SMILES string of the molecule is CCOC(=O)C1CCCN(C(=O)c2coc(CN(Cc3ccc(F)cc3)Cc3sccc3C)n2)C1. The van der Waals surface area contributed by atoms with Crippen LogP contribution in [-0.2, 0) is 29.2 Å². The van der Waals surface area contributed by atoms with Gasteiger partial charge < -0.3 is 14.1 Å². The van der Waals surface area contributed by atoms with Crippen LogP contribution in [0, 0.1) is 18.7 Å². The first kappa shape index (κ1) is 25.1. The van der Waals surface area contributed by atoms with E-state index < -0.39 is 0 Å². The number of halogens is 1. The Morgan fingerprint density at radius 3 is 2.74 bits per heavy atom. The molecule has 1 aliphatic heterocycles. The van der Waals surface area contributed by atoms with E-state index in [1.54, 1.807) is 35.3 Å². The van der Waals surface area contributed by atoms with Crippen LogP contribution >= 0.6 is 11.3 Å². The van der Waals surface area contributed by atoms with Crippen molar-refractivity contribution >= 4 is 23.2 Å². The van der Waals surface area contributed by atoms with Gasteiger partial charge in [-0.2, -0.15) is 0 Å². The maximum absolute atomic E-state index is 13.4. The minimum Gasteiger partial charge on any atom is -0.466 e. The van der Waals surface area contributed by atoms with Gasteiger partial charge >= 0.3 is 5.97 Å². The highest BCUT2D eigenvalue weighted by molar-refractivity contribution is 7.10. The van der Waals surface area contributed by atoms with E-state index in [4.69, 9.17) is 9.15 Å². The summed E-state index contributed by atoms with van der Waals surface area (Å²) in [5.74, 6) is -0.643. The number of hydrogen-bond donors (Lipinski definition) is 0. The Kier molecular flexibility index (Phi) is 8.30. The molecule has 186 valence electrons. The van der Waals surface area contributed by atoms with Crippen LogP contribution in [0.1, 0.15) is 52.1 Å². The van der Waals surface area contributed by atoms with Crippen molar-refractivity contribution in [1.29, 1.82) is 0 Å². The van der Waals surface area contributed by atoms with Gasteiger partial charge in [0.1, 0.15) is 12.1 Å². The van der Waals surface area contributed by atoms with Gasteiger partial charge in [-0.15, -0.1) is 11.3 Å². The Morgan fingerprint density at radius 1 is 1.23 bits per heavy atom. The van der Waals surface area contributed by atoms with Crippen LogP contribution in [0.3, 0.4) is 0 Å². The molecule has 3 aromatic rings. The zero-order valence-electron chi connectivity index (χ0n) is 20.0. The van der Waals surface area contributed by atoms with E-state index in [1.807, 2.05) is 0 Å². The molecule has 1 amide bonds. The fourth-order valence-electron chi connectivity index (χ4n) is 4.23. The van der Waals surface area contributed by atoms with E-state index >= 15 is 0 Å². The molecule has 0 spiro atoms. The lowest BCUT2D eigenvalue weighted by molar-refractivity contribution is -0.149. The second kappa shape index (κ2) is 11.6. The molecule has 0 bridgehead atoms. The predicted octanol–water partition coefficient (Wildman–Crippen LogP) is 4.80. The monoisotopic (exact) mass is 499 g/mol. The third-order valence-electron chi connectivity index (χ3n) is 6.11. The summed E-state index contributed by atoms with van der Waals surface area (Å²) in [5, 5.41) is 2.06. The van der Waals surface area contributed by atoms with Crippen molar-refractivity contribution in [3.63, 3.8) is 0 Å². The molecule has 1 aliphatic rings. The van der Waals surface area contributed by atoms with E-state index in [1.165, 1.54) is 28.8 Å². The number of esters is 1. The summed E-state index contributed by atoms with van der Waals surface area (Å²) in [5.41, 5.74) is 2.42. The number of amides is 1. The van der Waals surface area contributed by atoms with Crippen molar-refractivity contribution in [2.24, 2.45) is 5.92 Å². The molecule has 1 atom stereocenters. The van der Waals surface area contributed by atoms with Crippen molar-refractivity contribution in [1.82, 2.24) is 14.8 Å². The molecule has 35 heavy (non-hydrogen) atoms. The van der Waals surface area contributed by atoms with Gasteiger partial charge in [0.25, 0.3) is 5.91 Å². The standard InChI is InChI=1S/C26H30FN3O4S/c1-3-33-26(32)20-5-4-11-30(14-20)25(31)22-17-34-24(28-22)16-29(15-23-18(2)10-12-35-23)13-19-6-8-21(27)9-7-19/h6-10,12,17,20H,3-5,11,13-16H2,1-2H3. The van der Waals surface area contributed by atoms with Gasteiger partial charge in [-0.3, -0.25) is 14.5 Å².